The lowest BCUT2D eigenvalue weighted by molar-refractivity contribution is 0.297. The van der Waals surface area contributed by atoms with Gasteiger partial charge in [-0.1, -0.05) is 123 Å². The van der Waals surface area contributed by atoms with Crippen molar-refractivity contribution in [2.24, 2.45) is 0 Å². The molecule has 0 amide bonds. The molecule has 308 valence electrons. The largest absolute Gasteiger partial charge is 0.490 e. The number of ether oxygens (including phenoxy) is 2. The molecule has 1 aromatic heterocycles. The van der Waals surface area contributed by atoms with Crippen LogP contribution in [0.2, 0.25) is 0 Å². The lowest BCUT2D eigenvalue weighted by atomic mass is 9.35. The van der Waals surface area contributed by atoms with Crippen LogP contribution in [-0.2, 0) is 16.2 Å². The molecule has 3 aliphatic rings. The van der Waals surface area contributed by atoms with Gasteiger partial charge in [-0.3, -0.25) is 0 Å². The monoisotopic (exact) mass is 804 g/mol. The van der Waals surface area contributed by atoms with Gasteiger partial charge in [0.05, 0.1) is 35.9 Å². The molecule has 0 bridgehead atoms. The summed E-state index contributed by atoms with van der Waals surface area (Å²) in [5, 5.41) is 1.12. The van der Waals surface area contributed by atoms with E-state index >= 15 is 0 Å². The number of aryl methyl sites for hydroxylation is 2. The van der Waals surface area contributed by atoms with Crippen molar-refractivity contribution < 1.29 is 13.9 Å². The van der Waals surface area contributed by atoms with E-state index < -0.39 is 0 Å². The SMILES string of the molecule is Cc1cc(C(C)(C)C)cc(C)c1N1c2cccc3c2B(c2cc4c(cc2N3c2ccc(C(C)(C)C)cc2-c2ccccc2)OCCCO4)c2oc3ccc(C(C)(C)C)cc3c21. The Morgan fingerprint density at radius 1 is 0.525 bits per heavy atom. The van der Waals surface area contributed by atoms with Crippen LogP contribution in [0.3, 0.4) is 0 Å². The van der Waals surface area contributed by atoms with Gasteiger partial charge in [0.25, 0.3) is 6.71 Å². The number of rotatable bonds is 3. The second-order valence-electron chi connectivity index (χ2n) is 20.6. The maximum atomic E-state index is 7.30. The average Bonchev–Trinajstić information content (AvgIpc) is 3.43. The predicted molar refractivity (Wildman–Crippen MR) is 257 cm³/mol. The Kier molecular flexibility index (Phi) is 8.90. The summed E-state index contributed by atoms with van der Waals surface area (Å²) in [6, 6.07) is 40.8. The van der Waals surface area contributed by atoms with E-state index in [-0.39, 0.29) is 23.0 Å². The molecule has 0 unspecified atom stereocenters. The highest BCUT2D eigenvalue weighted by Gasteiger charge is 2.48. The summed E-state index contributed by atoms with van der Waals surface area (Å²) >= 11 is 0. The van der Waals surface area contributed by atoms with Crippen LogP contribution in [0.4, 0.5) is 34.1 Å². The van der Waals surface area contributed by atoms with E-state index in [4.69, 9.17) is 13.9 Å². The van der Waals surface area contributed by atoms with Crippen molar-refractivity contribution >= 4 is 68.4 Å². The Balaban J connectivity index is 1.33. The number of anilines is 6. The van der Waals surface area contributed by atoms with Gasteiger partial charge in [0.2, 0.25) is 0 Å². The zero-order valence-electron chi connectivity index (χ0n) is 37.7. The summed E-state index contributed by atoms with van der Waals surface area (Å²) in [6.07, 6.45) is 0.828. The normalized spacial score (nSPS) is 14.8. The number of furan rings is 1. The van der Waals surface area contributed by atoms with Gasteiger partial charge in [-0.2, -0.15) is 0 Å². The van der Waals surface area contributed by atoms with Crippen LogP contribution in [-0.4, -0.2) is 19.9 Å². The summed E-state index contributed by atoms with van der Waals surface area (Å²) in [4.78, 5) is 5.02. The Hall–Kier alpha value is -5.88. The fraction of sp³-hybridized carbons (Fsp3) is 0.309. The molecule has 10 rings (SSSR count). The maximum absolute atomic E-state index is 7.30. The van der Waals surface area contributed by atoms with Gasteiger partial charge < -0.3 is 23.7 Å². The predicted octanol–water partition coefficient (Wildman–Crippen LogP) is 12.9. The van der Waals surface area contributed by atoms with Crippen LogP contribution in [0.15, 0.2) is 114 Å². The Morgan fingerprint density at radius 2 is 1.13 bits per heavy atom. The van der Waals surface area contributed by atoms with Crippen molar-refractivity contribution in [3.8, 4) is 22.6 Å². The molecular formula is C55H57BN2O3. The number of benzene rings is 6. The minimum Gasteiger partial charge on any atom is -0.490 e. The summed E-state index contributed by atoms with van der Waals surface area (Å²) in [5.74, 6) is 1.55. The van der Waals surface area contributed by atoms with Crippen molar-refractivity contribution in [1.29, 1.82) is 0 Å². The van der Waals surface area contributed by atoms with E-state index in [9.17, 15) is 0 Å². The molecule has 4 heterocycles. The number of nitrogens with zero attached hydrogens (tertiary/aromatic N) is 2. The lowest BCUT2D eigenvalue weighted by Crippen LogP contribution is -2.61. The van der Waals surface area contributed by atoms with E-state index in [2.05, 4.69) is 195 Å². The number of hydrogen-bond donors (Lipinski definition) is 0. The molecule has 0 radical (unpaired) electrons. The smallest absolute Gasteiger partial charge is 0.297 e. The third-order valence-electron chi connectivity index (χ3n) is 13.1. The molecule has 6 heteroatoms. The van der Waals surface area contributed by atoms with Crippen LogP contribution in [0.1, 0.15) is 96.6 Å². The highest BCUT2D eigenvalue weighted by Crippen LogP contribution is 2.51. The van der Waals surface area contributed by atoms with Crippen molar-refractivity contribution in [3.05, 3.63) is 137 Å². The minimum atomic E-state index is -0.213. The van der Waals surface area contributed by atoms with Crippen molar-refractivity contribution in [1.82, 2.24) is 0 Å². The highest BCUT2D eigenvalue weighted by molar-refractivity contribution is 7.00. The van der Waals surface area contributed by atoms with Gasteiger partial charge in [0.1, 0.15) is 5.58 Å². The molecule has 3 aliphatic heterocycles. The van der Waals surface area contributed by atoms with Gasteiger partial charge in [-0.15, -0.1) is 0 Å². The molecule has 7 aromatic rings. The van der Waals surface area contributed by atoms with E-state index in [1.165, 1.54) is 50.1 Å². The molecule has 61 heavy (non-hydrogen) atoms. The molecule has 6 aromatic carbocycles. The first-order valence-electron chi connectivity index (χ1n) is 22.0. The standard InChI is InChI=1S/C55H57BN2O3/c1-33-27-38(55(9,10)11)28-34(2)50(33)58-44-20-15-19-43-49(44)56(52-51(58)40-30-37(54(6,7)8)22-24-46(40)61-52)41-31-47-48(60-26-16-25-59-47)32-45(41)57(43)42-23-21-36(53(3,4)5)29-39(42)35-17-13-12-14-18-35/h12-15,17-24,27-32H,16,25-26H2,1-11H3. The minimum absolute atomic E-state index is 0.00901. The Labute approximate surface area is 362 Å². The van der Waals surface area contributed by atoms with Crippen LogP contribution < -0.4 is 35.9 Å². The zero-order chi connectivity index (χ0) is 42.7. The molecule has 0 spiro atoms. The molecule has 0 fully saturated rings. The van der Waals surface area contributed by atoms with Crippen LogP contribution in [0, 0.1) is 13.8 Å². The van der Waals surface area contributed by atoms with E-state index in [1.54, 1.807) is 0 Å². The Bertz CT molecular complexity index is 2860. The van der Waals surface area contributed by atoms with Gasteiger partial charge in [0.15, 0.2) is 11.5 Å². The highest BCUT2D eigenvalue weighted by atomic mass is 16.5. The van der Waals surface area contributed by atoms with Crippen LogP contribution in [0.5, 0.6) is 11.5 Å². The average molecular weight is 805 g/mol. The first-order chi connectivity index (χ1) is 29.0. The second-order valence-corrected chi connectivity index (χ2v) is 20.6. The number of hydrogen-bond acceptors (Lipinski definition) is 5. The van der Waals surface area contributed by atoms with E-state index in [0.717, 1.165) is 68.4 Å². The summed E-state index contributed by atoms with van der Waals surface area (Å²) < 4.78 is 20.3. The molecule has 0 N–H and O–H groups in total. The van der Waals surface area contributed by atoms with Gasteiger partial charge in [0, 0.05) is 40.5 Å². The third-order valence-corrected chi connectivity index (χ3v) is 13.1. The van der Waals surface area contributed by atoms with Crippen molar-refractivity contribution in [2.75, 3.05) is 23.0 Å². The quantitative estimate of drug-likeness (QED) is 0.166. The fourth-order valence-corrected chi connectivity index (χ4v) is 9.82. The van der Waals surface area contributed by atoms with Crippen molar-refractivity contribution in [2.45, 2.75) is 98.8 Å². The maximum Gasteiger partial charge on any atom is 0.297 e. The molecular weight excluding hydrogens is 747 g/mol. The van der Waals surface area contributed by atoms with E-state index in [0.29, 0.717) is 13.2 Å². The van der Waals surface area contributed by atoms with Crippen molar-refractivity contribution in [3.63, 3.8) is 0 Å². The van der Waals surface area contributed by atoms with Crippen LogP contribution >= 0.6 is 0 Å². The van der Waals surface area contributed by atoms with Gasteiger partial charge in [-0.05, 0) is 117 Å². The molecule has 0 atom stereocenters. The second kappa shape index (κ2) is 13.8. The molecule has 0 aliphatic carbocycles. The Morgan fingerprint density at radius 3 is 1.79 bits per heavy atom. The lowest BCUT2D eigenvalue weighted by Gasteiger charge is -2.43. The zero-order valence-corrected chi connectivity index (χ0v) is 37.7. The summed E-state index contributed by atoms with van der Waals surface area (Å²) in [5.41, 5.74) is 19.6. The van der Waals surface area contributed by atoms with Gasteiger partial charge >= 0.3 is 0 Å². The van der Waals surface area contributed by atoms with E-state index in [1.807, 2.05) is 0 Å². The summed E-state index contributed by atoms with van der Waals surface area (Å²) in [7, 11) is 0. The molecule has 0 saturated heterocycles. The van der Waals surface area contributed by atoms with Gasteiger partial charge in [-0.25, -0.2) is 0 Å². The van der Waals surface area contributed by atoms with Crippen LogP contribution in [0.25, 0.3) is 22.1 Å². The number of fused-ring (bicyclic) bond motifs is 7. The molecule has 5 nitrogen and oxygen atoms in total. The first-order valence-corrected chi connectivity index (χ1v) is 22.0. The summed E-state index contributed by atoms with van der Waals surface area (Å²) in [6.45, 7) is 26.2. The topological polar surface area (TPSA) is 38.1 Å². The fourth-order valence-electron chi connectivity index (χ4n) is 9.82. The molecule has 0 saturated carbocycles. The first kappa shape index (κ1) is 39.3. The third kappa shape index (κ3) is 6.35.